The molecule has 0 radical (unpaired) electrons. The summed E-state index contributed by atoms with van der Waals surface area (Å²) in [5.41, 5.74) is 11.8. The van der Waals surface area contributed by atoms with Gasteiger partial charge in [-0.3, -0.25) is 20.4 Å². The molecule has 1 unspecified atom stereocenters. The zero-order chi connectivity index (χ0) is 14.4. The molecule has 1 rings (SSSR count). The number of hydrogen-bond acceptors (Lipinski definition) is 3. The molecule has 19 heavy (non-hydrogen) atoms. The highest BCUT2D eigenvalue weighted by molar-refractivity contribution is 5.97. The van der Waals surface area contributed by atoms with Crippen molar-refractivity contribution in [3.63, 3.8) is 0 Å². The van der Waals surface area contributed by atoms with E-state index in [-0.39, 0.29) is 11.8 Å². The van der Waals surface area contributed by atoms with Crippen LogP contribution in [0.4, 0.5) is 0 Å². The first kappa shape index (κ1) is 15.2. The lowest BCUT2D eigenvalue weighted by Crippen LogP contribution is -2.49. The van der Waals surface area contributed by atoms with Crippen molar-refractivity contribution < 1.29 is 9.59 Å². The molecule has 0 aromatic heterocycles. The highest BCUT2D eigenvalue weighted by Gasteiger charge is 2.16. The summed E-state index contributed by atoms with van der Waals surface area (Å²) in [7, 11) is 0. The summed E-state index contributed by atoms with van der Waals surface area (Å²) in [5.74, 6) is -0.397. The highest BCUT2D eigenvalue weighted by Crippen LogP contribution is 2.06. The van der Waals surface area contributed by atoms with E-state index in [1.807, 2.05) is 32.9 Å². The van der Waals surface area contributed by atoms with E-state index in [0.717, 1.165) is 5.56 Å². The van der Waals surface area contributed by atoms with E-state index in [0.29, 0.717) is 17.9 Å². The summed E-state index contributed by atoms with van der Waals surface area (Å²) in [4.78, 5) is 23.5. The van der Waals surface area contributed by atoms with Crippen LogP contribution in [-0.4, -0.2) is 17.9 Å². The third-order valence-corrected chi connectivity index (χ3v) is 2.75. The third-order valence-electron chi connectivity index (χ3n) is 2.75. The van der Waals surface area contributed by atoms with Gasteiger partial charge in [0.25, 0.3) is 11.8 Å². The number of carbonyl (C=O) groups excluding carboxylic acids is 2. The minimum atomic E-state index is -0.614. The van der Waals surface area contributed by atoms with E-state index in [2.05, 4.69) is 10.9 Å². The van der Waals surface area contributed by atoms with Gasteiger partial charge in [-0.25, -0.2) is 0 Å². The number of carbonyl (C=O) groups is 2. The summed E-state index contributed by atoms with van der Waals surface area (Å²) in [6, 6.07) is 6.54. The molecule has 5 nitrogen and oxygen atoms in total. The first-order chi connectivity index (χ1) is 8.91. The van der Waals surface area contributed by atoms with Gasteiger partial charge >= 0.3 is 0 Å². The summed E-state index contributed by atoms with van der Waals surface area (Å²) >= 11 is 0. The van der Waals surface area contributed by atoms with E-state index in [4.69, 9.17) is 5.73 Å². The summed E-state index contributed by atoms with van der Waals surface area (Å²) < 4.78 is 0. The van der Waals surface area contributed by atoms with Gasteiger partial charge in [-0.15, -0.1) is 0 Å². The highest BCUT2D eigenvalue weighted by atomic mass is 16.2. The number of hydrazine groups is 1. The molecule has 0 heterocycles. The number of rotatable bonds is 4. The Bertz CT molecular complexity index is 458. The van der Waals surface area contributed by atoms with Crippen LogP contribution in [0.1, 0.15) is 36.2 Å². The maximum Gasteiger partial charge on any atom is 0.269 e. The second-order valence-electron chi connectivity index (χ2n) is 4.99. The first-order valence-corrected chi connectivity index (χ1v) is 6.33. The molecule has 0 aliphatic carbocycles. The Morgan fingerprint density at radius 2 is 1.84 bits per heavy atom. The Kier molecular flexibility index (Phi) is 5.51. The minimum absolute atomic E-state index is 0.327. The van der Waals surface area contributed by atoms with E-state index in [1.165, 1.54) is 0 Å². The Morgan fingerprint density at radius 3 is 2.42 bits per heavy atom. The van der Waals surface area contributed by atoms with Gasteiger partial charge in [0, 0.05) is 5.56 Å². The number of aryl methyl sites for hydroxylation is 1. The molecular weight excluding hydrogens is 242 g/mol. The van der Waals surface area contributed by atoms with Crippen molar-refractivity contribution >= 4 is 11.8 Å². The van der Waals surface area contributed by atoms with E-state index < -0.39 is 6.04 Å². The second-order valence-corrected chi connectivity index (χ2v) is 4.99. The van der Waals surface area contributed by atoms with Crippen molar-refractivity contribution in [2.45, 2.75) is 33.2 Å². The number of nitrogens with two attached hydrogens (primary N) is 1. The van der Waals surface area contributed by atoms with Crippen LogP contribution in [0.3, 0.4) is 0 Å². The Hall–Kier alpha value is -1.88. The molecular formula is C14H21N3O2. The standard InChI is InChI=1S/C14H21N3O2/c1-9(2)8-12(15)14(19)17-16-13(18)11-7-5-4-6-10(11)3/h4-7,9,12H,8,15H2,1-3H3,(H,16,18)(H,17,19). The first-order valence-electron chi connectivity index (χ1n) is 6.33. The molecule has 0 bridgehead atoms. The fourth-order valence-corrected chi connectivity index (χ4v) is 1.72. The lowest BCUT2D eigenvalue weighted by Gasteiger charge is -2.15. The van der Waals surface area contributed by atoms with Gasteiger partial charge in [-0.2, -0.15) is 0 Å². The number of nitrogens with one attached hydrogen (secondary N) is 2. The molecule has 0 spiro atoms. The molecule has 0 aliphatic rings. The predicted octanol–water partition coefficient (Wildman–Crippen LogP) is 1.13. The van der Waals surface area contributed by atoms with Crippen LogP contribution < -0.4 is 16.6 Å². The van der Waals surface area contributed by atoms with Crippen LogP contribution in [-0.2, 0) is 4.79 Å². The van der Waals surface area contributed by atoms with Gasteiger partial charge in [-0.05, 0) is 30.9 Å². The Morgan fingerprint density at radius 1 is 1.21 bits per heavy atom. The quantitative estimate of drug-likeness (QED) is 0.712. The van der Waals surface area contributed by atoms with Gasteiger partial charge in [0.15, 0.2) is 0 Å². The van der Waals surface area contributed by atoms with Gasteiger partial charge in [0.2, 0.25) is 0 Å². The summed E-state index contributed by atoms with van der Waals surface area (Å²) in [5, 5.41) is 0. The number of hydrogen-bond donors (Lipinski definition) is 3. The van der Waals surface area contributed by atoms with Crippen molar-refractivity contribution in [1.82, 2.24) is 10.9 Å². The molecule has 0 fully saturated rings. The zero-order valence-electron chi connectivity index (χ0n) is 11.6. The van der Waals surface area contributed by atoms with Gasteiger partial charge in [0.1, 0.15) is 0 Å². The lowest BCUT2D eigenvalue weighted by atomic mass is 10.0. The van der Waals surface area contributed by atoms with Crippen LogP contribution in [0.25, 0.3) is 0 Å². The summed E-state index contributed by atoms with van der Waals surface area (Å²) in [6.07, 6.45) is 0.575. The molecule has 1 atom stereocenters. The summed E-state index contributed by atoms with van der Waals surface area (Å²) in [6.45, 7) is 5.80. The van der Waals surface area contributed by atoms with Crippen LogP contribution in [0.15, 0.2) is 24.3 Å². The molecule has 0 aliphatic heterocycles. The maximum atomic E-state index is 11.8. The largest absolute Gasteiger partial charge is 0.320 e. The third kappa shape index (κ3) is 4.71. The van der Waals surface area contributed by atoms with Crippen LogP contribution in [0, 0.1) is 12.8 Å². The number of amides is 2. The number of benzene rings is 1. The van der Waals surface area contributed by atoms with Crippen LogP contribution in [0.5, 0.6) is 0 Å². The molecule has 0 saturated heterocycles. The monoisotopic (exact) mass is 263 g/mol. The lowest BCUT2D eigenvalue weighted by molar-refractivity contribution is -0.123. The molecule has 104 valence electrons. The van der Waals surface area contributed by atoms with Crippen LogP contribution >= 0.6 is 0 Å². The predicted molar refractivity (Wildman–Crippen MR) is 74.2 cm³/mol. The van der Waals surface area contributed by atoms with Gasteiger partial charge < -0.3 is 5.73 Å². The molecule has 4 N–H and O–H groups in total. The fourth-order valence-electron chi connectivity index (χ4n) is 1.72. The van der Waals surface area contributed by atoms with Crippen molar-refractivity contribution in [2.75, 3.05) is 0 Å². The van der Waals surface area contributed by atoms with E-state index >= 15 is 0 Å². The smallest absolute Gasteiger partial charge is 0.269 e. The molecule has 2 amide bonds. The SMILES string of the molecule is Cc1ccccc1C(=O)NNC(=O)C(N)CC(C)C. The Labute approximate surface area is 113 Å². The van der Waals surface area contributed by atoms with E-state index in [9.17, 15) is 9.59 Å². The minimum Gasteiger partial charge on any atom is -0.320 e. The molecule has 0 saturated carbocycles. The van der Waals surface area contributed by atoms with Crippen LogP contribution in [0.2, 0.25) is 0 Å². The van der Waals surface area contributed by atoms with Crippen molar-refractivity contribution in [1.29, 1.82) is 0 Å². The van der Waals surface area contributed by atoms with Crippen molar-refractivity contribution in [3.05, 3.63) is 35.4 Å². The fraction of sp³-hybridized carbons (Fsp3) is 0.429. The average Bonchev–Trinajstić information content (AvgIpc) is 2.35. The molecule has 1 aromatic rings. The zero-order valence-corrected chi connectivity index (χ0v) is 11.6. The average molecular weight is 263 g/mol. The van der Waals surface area contributed by atoms with Gasteiger partial charge in [-0.1, -0.05) is 32.0 Å². The Balaban J connectivity index is 2.51. The second kappa shape index (κ2) is 6.89. The normalized spacial score (nSPS) is 12.1. The molecule has 5 heteroatoms. The topological polar surface area (TPSA) is 84.2 Å². The van der Waals surface area contributed by atoms with Gasteiger partial charge in [0.05, 0.1) is 6.04 Å². The molecule has 1 aromatic carbocycles. The maximum absolute atomic E-state index is 11.8. The van der Waals surface area contributed by atoms with Crippen molar-refractivity contribution in [2.24, 2.45) is 11.7 Å². The van der Waals surface area contributed by atoms with Crippen molar-refractivity contribution in [3.8, 4) is 0 Å². The van der Waals surface area contributed by atoms with E-state index in [1.54, 1.807) is 12.1 Å².